The van der Waals surface area contributed by atoms with E-state index in [1.165, 1.54) is 19.3 Å². The van der Waals surface area contributed by atoms with Gasteiger partial charge < -0.3 is 22.3 Å². The van der Waals surface area contributed by atoms with Gasteiger partial charge in [0.1, 0.15) is 6.54 Å². The van der Waals surface area contributed by atoms with Gasteiger partial charge in [-0.2, -0.15) is 0 Å². The second-order valence-electron chi connectivity index (χ2n) is 4.98. The van der Waals surface area contributed by atoms with Crippen LogP contribution in [0.1, 0.15) is 51.9 Å². The number of nitrogens with one attached hydrogen (secondary N) is 1. The number of aromatic nitrogens is 1. The standard InChI is InChI=1S/C16H26N2O.BrH/c1-2-3-4-7-12-17-16(19)11-6-10-15-18-13-8-5-9-14-18;/h5,8-9,13-14H,2-4,6-7,10-12,15H2,1H3;1H. The third-order valence-corrected chi connectivity index (χ3v) is 3.20. The summed E-state index contributed by atoms with van der Waals surface area (Å²) in [6.07, 6.45) is 11.6. The van der Waals surface area contributed by atoms with Crippen molar-refractivity contribution in [1.82, 2.24) is 5.32 Å². The van der Waals surface area contributed by atoms with Crippen LogP contribution in [-0.2, 0) is 11.3 Å². The Hall–Kier alpha value is -0.900. The number of hydrogen-bond acceptors (Lipinski definition) is 1. The lowest BCUT2D eigenvalue weighted by atomic mass is 10.2. The lowest BCUT2D eigenvalue weighted by molar-refractivity contribution is -0.697. The van der Waals surface area contributed by atoms with Crippen molar-refractivity contribution in [1.29, 1.82) is 0 Å². The first-order valence-electron chi connectivity index (χ1n) is 7.53. The van der Waals surface area contributed by atoms with E-state index in [1.807, 2.05) is 18.2 Å². The average molecular weight is 343 g/mol. The van der Waals surface area contributed by atoms with Gasteiger partial charge in [0.15, 0.2) is 12.4 Å². The molecular formula is C16H27BrN2O. The number of unbranched alkanes of at least 4 members (excludes halogenated alkanes) is 4. The maximum Gasteiger partial charge on any atom is 0.219 e. The first-order valence-corrected chi connectivity index (χ1v) is 7.53. The van der Waals surface area contributed by atoms with Crippen LogP contribution in [-0.4, -0.2) is 12.5 Å². The third-order valence-electron chi connectivity index (χ3n) is 3.20. The summed E-state index contributed by atoms with van der Waals surface area (Å²) in [7, 11) is 0. The van der Waals surface area contributed by atoms with E-state index in [4.69, 9.17) is 0 Å². The van der Waals surface area contributed by atoms with Crippen LogP contribution in [0, 0.1) is 0 Å². The summed E-state index contributed by atoms with van der Waals surface area (Å²) in [5, 5.41) is 2.99. The van der Waals surface area contributed by atoms with Crippen LogP contribution in [0.15, 0.2) is 30.6 Å². The minimum absolute atomic E-state index is 0. The molecule has 1 rings (SSSR count). The van der Waals surface area contributed by atoms with E-state index in [1.54, 1.807) is 0 Å². The summed E-state index contributed by atoms with van der Waals surface area (Å²) in [4.78, 5) is 11.6. The summed E-state index contributed by atoms with van der Waals surface area (Å²) in [6.45, 7) is 4.03. The van der Waals surface area contributed by atoms with Gasteiger partial charge in [-0.15, -0.1) is 0 Å². The summed E-state index contributed by atoms with van der Waals surface area (Å²) in [6, 6.07) is 6.08. The molecule has 0 saturated carbocycles. The van der Waals surface area contributed by atoms with E-state index in [0.717, 1.165) is 32.4 Å². The van der Waals surface area contributed by atoms with Crippen molar-refractivity contribution < 1.29 is 26.3 Å². The highest BCUT2D eigenvalue weighted by Gasteiger charge is 2.02. The van der Waals surface area contributed by atoms with Crippen molar-refractivity contribution in [2.45, 2.75) is 58.4 Å². The fourth-order valence-corrected chi connectivity index (χ4v) is 2.03. The molecule has 0 fully saturated rings. The Labute approximate surface area is 133 Å². The molecule has 1 aromatic rings. The maximum atomic E-state index is 11.6. The normalized spacial score (nSPS) is 9.85. The Bertz CT molecular complexity index is 344. The van der Waals surface area contributed by atoms with Crippen LogP contribution in [0.5, 0.6) is 0 Å². The molecule has 4 heteroatoms. The fourth-order valence-electron chi connectivity index (χ4n) is 2.03. The lowest BCUT2D eigenvalue weighted by Crippen LogP contribution is -3.00. The van der Waals surface area contributed by atoms with Gasteiger partial charge in [-0.3, -0.25) is 4.79 Å². The van der Waals surface area contributed by atoms with E-state index in [2.05, 4.69) is 29.2 Å². The SMILES string of the molecule is CCCCCCNC(=O)CCCC[n+]1ccccc1.[Br-]. The number of pyridine rings is 1. The molecule has 20 heavy (non-hydrogen) atoms. The van der Waals surface area contributed by atoms with Crippen LogP contribution < -0.4 is 26.9 Å². The Morgan fingerprint density at radius 2 is 1.75 bits per heavy atom. The van der Waals surface area contributed by atoms with Crippen LogP contribution in [0.25, 0.3) is 0 Å². The van der Waals surface area contributed by atoms with Crippen molar-refractivity contribution in [3.63, 3.8) is 0 Å². The highest BCUT2D eigenvalue weighted by Crippen LogP contribution is 1.98. The van der Waals surface area contributed by atoms with Crippen molar-refractivity contribution >= 4 is 5.91 Å². The van der Waals surface area contributed by atoms with Gasteiger partial charge in [0.25, 0.3) is 0 Å². The van der Waals surface area contributed by atoms with Crippen LogP contribution in [0.3, 0.4) is 0 Å². The predicted molar refractivity (Wildman–Crippen MR) is 77.6 cm³/mol. The first-order chi connectivity index (χ1) is 9.33. The number of halogens is 1. The number of carbonyl (C=O) groups excluding carboxylic acids is 1. The molecule has 0 aliphatic heterocycles. The molecule has 114 valence electrons. The van der Waals surface area contributed by atoms with E-state index >= 15 is 0 Å². The Morgan fingerprint density at radius 1 is 1.00 bits per heavy atom. The molecular weight excluding hydrogens is 316 g/mol. The maximum absolute atomic E-state index is 11.6. The van der Waals surface area contributed by atoms with Gasteiger partial charge >= 0.3 is 0 Å². The first kappa shape index (κ1) is 19.1. The molecule has 1 amide bonds. The van der Waals surface area contributed by atoms with Gasteiger partial charge in [0, 0.05) is 31.5 Å². The van der Waals surface area contributed by atoms with Gasteiger partial charge in [0.05, 0.1) is 0 Å². The predicted octanol–water partition coefficient (Wildman–Crippen LogP) is -0.155. The zero-order valence-electron chi connectivity index (χ0n) is 12.5. The second-order valence-corrected chi connectivity index (χ2v) is 4.98. The summed E-state index contributed by atoms with van der Waals surface area (Å²) in [5.41, 5.74) is 0. The minimum atomic E-state index is 0. The zero-order valence-corrected chi connectivity index (χ0v) is 14.1. The number of hydrogen-bond donors (Lipinski definition) is 1. The van der Waals surface area contributed by atoms with E-state index < -0.39 is 0 Å². The molecule has 0 bridgehead atoms. The number of rotatable bonds is 10. The van der Waals surface area contributed by atoms with Gasteiger partial charge in [-0.25, -0.2) is 4.57 Å². The highest BCUT2D eigenvalue weighted by molar-refractivity contribution is 5.75. The Morgan fingerprint density at radius 3 is 2.45 bits per heavy atom. The summed E-state index contributed by atoms with van der Waals surface area (Å²) in [5.74, 6) is 0.203. The molecule has 1 aromatic heterocycles. The quantitative estimate of drug-likeness (QED) is 0.465. The molecule has 0 aliphatic rings. The topological polar surface area (TPSA) is 33.0 Å². The average Bonchev–Trinajstić information content (AvgIpc) is 2.44. The largest absolute Gasteiger partial charge is 1.00 e. The monoisotopic (exact) mass is 342 g/mol. The van der Waals surface area contributed by atoms with Crippen molar-refractivity contribution in [2.24, 2.45) is 0 Å². The van der Waals surface area contributed by atoms with Crippen molar-refractivity contribution in [3.05, 3.63) is 30.6 Å². The lowest BCUT2D eigenvalue weighted by Gasteiger charge is -2.04. The third kappa shape index (κ3) is 9.96. The Kier molecular flexibility index (Phi) is 12.5. The van der Waals surface area contributed by atoms with Gasteiger partial charge in [0.2, 0.25) is 5.91 Å². The highest BCUT2D eigenvalue weighted by atomic mass is 79.9. The second kappa shape index (κ2) is 13.1. The number of carbonyl (C=O) groups is 1. The molecule has 0 spiro atoms. The van der Waals surface area contributed by atoms with E-state index in [9.17, 15) is 4.79 Å². The molecule has 0 unspecified atom stereocenters. The molecule has 1 N–H and O–H groups in total. The van der Waals surface area contributed by atoms with Crippen LogP contribution >= 0.6 is 0 Å². The smallest absolute Gasteiger partial charge is 0.219 e. The molecule has 0 aromatic carbocycles. The molecule has 1 heterocycles. The minimum Gasteiger partial charge on any atom is -1.00 e. The Balaban J connectivity index is 0.00000361. The van der Waals surface area contributed by atoms with E-state index in [0.29, 0.717) is 6.42 Å². The molecule has 0 saturated heterocycles. The van der Waals surface area contributed by atoms with Crippen LogP contribution in [0.4, 0.5) is 0 Å². The molecule has 0 aliphatic carbocycles. The number of amides is 1. The van der Waals surface area contributed by atoms with E-state index in [-0.39, 0.29) is 22.9 Å². The molecule has 0 radical (unpaired) electrons. The molecule has 0 atom stereocenters. The van der Waals surface area contributed by atoms with Gasteiger partial charge in [-0.05, 0) is 12.8 Å². The zero-order chi connectivity index (χ0) is 13.8. The fraction of sp³-hybridized carbons (Fsp3) is 0.625. The van der Waals surface area contributed by atoms with Crippen LogP contribution in [0.2, 0.25) is 0 Å². The number of nitrogens with zero attached hydrogens (tertiary/aromatic N) is 1. The van der Waals surface area contributed by atoms with Crippen molar-refractivity contribution in [2.75, 3.05) is 6.54 Å². The molecule has 3 nitrogen and oxygen atoms in total. The van der Waals surface area contributed by atoms with Gasteiger partial charge in [-0.1, -0.05) is 32.3 Å². The summed E-state index contributed by atoms with van der Waals surface area (Å²) >= 11 is 0. The van der Waals surface area contributed by atoms with Crippen molar-refractivity contribution in [3.8, 4) is 0 Å². The number of aryl methyl sites for hydroxylation is 1. The summed E-state index contributed by atoms with van der Waals surface area (Å²) < 4.78 is 2.16.